The van der Waals surface area contributed by atoms with E-state index in [1.165, 1.54) is 6.42 Å². The van der Waals surface area contributed by atoms with Gasteiger partial charge in [-0.25, -0.2) is 8.42 Å². The van der Waals surface area contributed by atoms with Crippen molar-refractivity contribution in [2.75, 3.05) is 37.7 Å². The van der Waals surface area contributed by atoms with Crippen molar-refractivity contribution in [1.82, 2.24) is 9.21 Å². The molecule has 1 aliphatic heterocycles. The minimum atomic E-state index is -3.15. The van der Waals surface area contributed by atoms with Crippen molar-refractivity contribution in [2.24, 2.45) is 0 Å². The zero-order chi connectivity index (χ0) is 21.8. The molecule has 0 radical (unpaired) electrons. The Kier molecular flexibility index (Phi) is 9.64. The first-order valence-electron chi connectivity index (χ1n) is 11.1. The molecular weight excluding hydrogens is 457 g/mol. The third kappa shape index (κ3) is 6.14. The van der Waals surface area contributed by atoms with Crippen molar-refractivity contribution in [3.63, 3.8) is 0 Å². The number of hydrogen-bond acceptors (Lipinski definition) is 5. The Morgan fingerprint density at radius 3 is 2.35 bits per heavy atom. The molecule has 0 aromatic heterocycles. The second-order valence-electron chi connectivity index (χ2n) is 8.61. The molecular formula is C22H35Cl2N3O3S. The first kappa shape index (κ1) is 26.4. The van der Waals surface area contributed by atoms with Gasteiger partial charge in [0, 0.05) is 43.8 Å². The number of nitrogens with zero attached hydrogens (tertiary/aromatic N) is 2. The van der Waals surface area contributed by atoms with Gasteiger partial charge < -0.3 is 5.73 Å². The largest absolute Gasteiger partial charge is 0.398 e. The van der Waals surface area contributed by atoms with Crippen LogP contribution in [0.3, 0.4) is 0 Å². The topological polar surface area (TPSA) is 83.7 Å². The molecule has 3 rings (SSSR count). The van der Waals surface area contributed by atoms with Gasteiger partial charge in [-0.3, -0.25) is 9.69 Å². The predicted molar refractivity (Wildman–Crippen MR) is 130 cm³/mol. The second-order valence-corrected chi connectivity index (χ2v) is 11.1. The highest BCUT2D eigenvalue weighted by Gasteiger charge is 2.40. The van der Waals surface area contributed by atoms with E-state index in [2.05, 4.69) is 4.90 Å². The molecule has 9 heteroatoms. The molecule has 2 N–H and O–H groups in total. The Bertz CT molecular complexity index is 829. The lowest BCUT2D eigenvalue weighted by atomic mass is 9.76. The Hall–Kier alpha value is -0.860. The standard InChI is InChI=1S/C22H34ClN3O3S.ClH/c1-2-17-30(28,29)26-15-13-25(14-16-26)22(10-4-3-5-11-22)12-9-20(27)21-18(23)7-6-8-19(21)24;/h6-8H,2-5,9-17,24H2,1H3;1H. The van der Waals surface area contributed by atoms with Gasteiger partial charge in [-0.15, -0.1) is 12.4 Å². The van der Waals surface area contributed by atoms with E-state index in [0.717, 1.165) is 45.2 Å². The van der Waals surface area contributed by atoms with E-state index >= 15 is 0 Å². The van der Waals surface area contributed by atoms with E-state index in [9.17, 15) is 13.2 Å². The van der Waals surface area contributed by atoms with E-state index in [1.807, 2.05) is 6.92 Å². The van der Waals surface area contributed by atoms with Crippen LogP contribution >= 0.6 is 24.0 Å². The number of carbonyl (C=O) groups is 1. The maximum atomic E-state index is 12.9. The second kappa shape index (κ2) is 11.3. The molecule has 1 heterocycles. The maximum Gasteiger partial charge on any atom is 0.214 e. The fraction of sp³-hybridized carbons (Fsp3) is 0.682. The maximum absolute atomic E-state index is 12.9. The lowest BCUT2D eigenvalue weighted by Gasteiger charge is -2.50. The monoisotopic (exact) mass is 491 g/mol. The first-order chi connectivity index (χ1) is 14.3. The van der Waals surface area contributed by atoms with Gasteiger partial charge in [0.25, 0.3) is 0 Å². The minimum absolute atomic E-state index is 0. The highest BCUT2D eigenvalue weighted by Crippen LogP contribution is 2.39. The number of hydrogen-bond donors (Lipinski definition) is 1. The molecule has 1 aromatic carbocycles. The van der Waals surface area contributed by atoms with Gasteiger partial charge in [-0.05, 0) is 37.8 Å². The van der Waals surface area contributed by atoms with Crippen LogP contribution in [-0.4, -0.2) is 60.9 Å². The van der Waals surface area contributed by atoms with E-state index in [1.54, 1.807) is 22.5 Å². The molecule has 0 spiro atoms. The number of nitrogens with two attached hydrogens (primary N) is 1. The molecule has 31 heavy (non-hydrogen) atoms. The molecule has 6 nitrogen and oxygen atoms in total. The Labute approximate surface area is 197 Å². The van der Waals surface area contributed by atoms with Crippen LogP contribution in [0.1, 0.15) is 68.6 Å². The van der Waals surface area contributed by atoms with Gasteiger partial charge in [0.2, 0.25) is 10.0 Å². The summed E-state index contributed by atoms with van der Waals surface area (Å²) in [7, 11) is -3.15. The molecule has 1 aliphatic carbocycles. The number of rotatable bonds is 8. The van der Waals surface area contributed by atoms with E-state index in [4.69, 9.17) is 17.3 Å². The molecule has 1 aromatic rings. The summed E-state index contributed by atoms with van der Waals surface area (Å²) in [5.41, 5.74) is 6.83. The normalized spacial score (nSPS) is 20.2. The first-order valence-corrected chi connectivity index (χ1v) is 13.1. The predicted octanol–water partition coefficient (Wildman–Crippen LogP) is 4.37. The smallest absolute Gasteiger partial charge is 0.214 e. The van der Waals surface area contributed by atoms with Gasteiger partial charge >= 0.3 is 0 Å². The van der Waals surface area contributed by atoms with Crippen LogP contribution in [0, 0.1) is 0 Å². The number of piperazine rings is 1. The summed E-state index contributed by atoms with van der Waals surface area (Å²) in [6.07, 6.45) is 7.44. The molecule has 2 fully saturated rings. The van der Waals surface area contributed by atoms with E-state index in [-0.39, 0.29) is 29.5 Å². The summed E-state index contributed by atoms with van der Waals surface area (Å²) in [6, 6.07) is 5.17. The number of Topliss-reactive ketones (excluding diaryl/α,β-unsaturated/α-hetero) is 1. The van der Waals surface area contributed by atoms with Gasteiger partial charge in [0.1, 0.15) is 0 Å². The van der Waals surface area contributed by atoms with Gasteiger partial charge in [-0.1, -0.05) is 43.9 Å². The van der Waals surface area contributed by atoms with Crippen LogP contribution in [-0.2, 0) is 10.0 Å². The van der Waals surface area contributed by atoms with Crippen molar-refractivity contribution in [2.45, 2.75) is 63.8 Å². The quantitative estimate of drug-likeness (QED) is 0.431. The molecule has 0 bridgehead atoms. The van der Waals surface area contributed by atoms with Gasteiger partial charge in [0.05, 0.1) is 16.3 Å². The van der Waals surface area contributed by atoms with Gasteiger partial charge in [0.15, 0.2) is 5.78 Å². The van der Waals surface area contributed by atoms with Crippen molar-refractivity contribution >= 4 is 45.5 Å². The van der Waals surface area contributed by atoms with Crippen LogP contribution in [0.15, 0.2) is 18.2 Å². The number of nitrogen functional groups attached to an aromatic ring is 1. The summed E-state index contributed by atoms with van der Waals surface area (Å²) in [6.45, 7) is 4.43. The molecule has 1 saturated heterocycles. The number of halogens is 2. The van der Waals surface area contributed by atoms with Crippen molar-refractivity contribution in [3.05, 3.63) is 28.8 Å². The average Bonchev–Trinajstić information content (AvgIpc) is 2.73. The average molecular weight is 493 g/mol. The van der Waals surface area contributed by atoms with Crippen LogP contribution < -0.4 is 5.73 Å². The number of sulfonamides is 1. The Morgan fingerprint density at radius 2 is 1.77 bits per heavy atom. The molecule has 2 aliphatic rings. The SMILES string of the molecule is CCCS(=O)(=O)N1CCN(C2(CCC(=O)c3c(N)cccc3Cl)CCCCC2)CC1.Cl. The van der Waals surface area contributed by atoms with E-state index in [0.29, 0.717) is 42.2 Å². The fourth-order valence-electron chi connectivity index (χ4n) is 5.07. The summed E-state index contributed by atoms with van der Waals surface area (Å²) in [5, 5.41) is 0.410. The minimum Gasteiger partial charge on any atom is -0.398 e. The number of benzene rings is 1. The zero-order valence-electron chi connectivity index (χ0n) is 18.3. The summed E-state index contributed by atoms with van der Waals surface area (Å²) >= 11 is 6.24. The van der Waals surface area contributed by atoms with Crippen LogP contribution in [0.2, 0.25) is 5.02 Å². The number of carbonyl (C=O) groups excluding carboxylic acids is 1. The third-order valence-electron chi connectivity index (χ3n) is 6.69. The lowest BCUT2D eigenvalue weighted by molar-refractivity contribution is 0.0165. The molecule has 0 unspecified atom stereocenters. The molecule has 0 amide bonds. The fourth-order valence-corrected chi connectivity index (χ4v) is 6.85. The third-order valence-corrected chi connectivity index (χ3v) is 9.08. The molecule has 0 atom stereocenters. The number of ketones is 1. The highest BCUT2D eigenvalue weighted by atomic mass is 35.5. The lowest BCUT2D eigenvalue weighted by Crippen LogP contribution is -2.58. The Balaban J connectivity index is 0.00000341. The summed E-state index contributed by atoms with van der Waals surface area (Å²) in [5.74, 6) is 0.207. The van der Waals surface area contributed by atoms with Crippen LogP contribution in [0.25, 0.3) is 0 Å². The van der Waals surface area contributed by atoms with Crippen LogP contribution in [0.4, 0.5) is 5.69 Å². The van der Waals surface area contributed by atoms with Crippen molar-refractivity contribution < 1.29 is 13.2 Å². The summed E-state index contributed by atoms with van der Waals surface area (Å²) in [4.78, 5) is 15.4. The van der Waals surface area contributed by atoms with Gasteiger partial charge in [-0.2, -0.15) is 4.31 Å². The Morgan fingerprint density at radius 1 is 1.13 bits per heavy atom. The molecule has 176 valence electrons. The summed E-state index contributed by atoms with van der Waals surface area (Å²) < 4.78 is 26.5. The van der Waals surface area contributed by atoms with E-state index < -0.39 is 10.0 Å². The number of anilines is 1. The van der Waals surface area contributed by atoms with Crippen molar-refractivity contribution in [1.29, 1.82) is 0 Å². The van der Waals surface area contributed by atoms with Crippen molar-refractivity contribution in [3.8, 4) is 0 Å². The zero-order valence-corrected chi connectivity index (χ0v) is 20.7. The highest BCUT2D eigenvalue weighted by molar-refractivity contribution is 7.89. The van der Waals surface area contributed by atoms with Crippen LogP contribution in [0.5, 0.6) is 0 Å². The molecule has 1 saturated carbocycles.